The van der Waals surface area contributed by atoms with E-state index in [2.05, 4.69) is 43.7 Å². The minimum absolute atomic E-state index is 0.854. The molecule has 0 radical (unpaired) electrons. The van der Waals surface area contributed by atoms with Crippen molar-refractivity contribution in [2.45, 2.75) is 13.1 Å². The SMILES string of the molecule is c1ccc(CN2CC3CN(Cc4ccsc4)CC3C2)nc1. The summed E-state index contributed by atoms with van der Waals surface area (Å²) in [4.78, 5) is 9.67. The van der Waals surface area contributed by atoms with E-state index >= 15 is 0 Å². The van der Waals surface area contributed by atoms with Gasteiger partial charge in [0.05, 0.1) is 5.69 Å². The zero-order valence-electron chi connectivity index (χ0n) is 12.2. The van der Waals surface area contributed by atoms with Gasteiger partial charge in [-0.15, -0.1) is 0 Å². The number of rotatable bonds is 4. The van der Waals surface area contributed by atoms with Crippen LogP contribution in [0.15, 0.2) is 41.2 Å². The molecular weight excluding hydrogens is 278 g/mol. The molecule has 3 nitrogen and oxygen atoms in total. The summed E-state index contributed by atoms with van der Waals surface area (Å²) in [5.41, 5.74) is 2.68. The minimum Gasteiger partial charge on any atom is -0.298 e. The number of hydrogen-bond acceptors (Lipinski definition) is 4. The molecule has 0 amide bonds. The van der Waals surface area contributed by atoms with Crippen molar-refractivity contribution in [1.82, 2.24) is 14.8 Å². The maximum Gasteiger partial charge on any atom is 0.0543 e. The van der Waals surface area contributed by atoms with Crippen LogP contribution in [0.25, 0.3) is 0 Å². The molecule has 2 atom stereocenters. The molecule has 4 heteroatoms. The molecule has 2 aliphatic rings. The number of fused-ring (bicyclic) bond motifs is 1. The van der Waals surface area contributed by atoms with Gasteiger partial charge in [-0.05, 0) is 46.4 Å². The molecule has 2 aliphatic heterocycles. The molecule has 4 rings (SSSR count). The molecule has 0 spiro atoms. The van der Waals surface area contributed by atoms with Crippen LogP contribution in [0.4, 0.5) is 0 Å². The van der Waals surface area contributed by atoms with Crippen LogP contribution in [0, 0.1) is 11.8 Å². The van der Waals surface area contributed by atoms with Crippen LogP contribution < -0.4 is 0 Å². The van der Waals surface area contributed by atoms with E-state index < -0.39 is 0 Å². The number of likely N-dealkylation sites (tertiary alicyclic amines) is 2. The fourth-order valence-electron chi connectivity index (χ4n) is 3.81. The Hall–Kier alpha value is -1.23. The molecule has 0 aromatic carbocycles. The maximum absolute atomic E-state index is 4.45. The van der Waals surface area contributed by atoms with Crippen LogP contribution >= 0.6 is 11.3 Å². The van der Waals surface area contributed by atoms with Gasteiger partial charge in [-0.3, -0.25) is 14.8 Å². The molecule has 0 saturated carbocycles. The van der Waals surface area contributed by atoms with Crippen LogP contribution in [0.3, 0.4) is 0 Å². The van der Waals surface area contributed by atoms with Crippen LogP contribution in [-0.4, -0.2) is 41.0 Å². The van der Waals surface area contributed by atoms with Crippen molar-refractivity contribution in [3.05, 3.63) is 52.5 Å². The van der Waals surface area contributed by atoms with Gasteiger partial charge in [-0.2, -0.15) is 11.3 Å². The van der Waals surface area contributed by atoms with E-state index in [9.17, 15) is 0 Å². The first-order chi connectivity index (χ1) is 10.4. The van der Waals surface area contributed by atoms with Gasteiger partial charge in [-0.1, -0.05) is 6.07 Å². The number of nitrogens with zero attached hydrogens (tertiary/aromatic N) is 3. The number of thiophene rings is 1. The second-order valence-electron chi connectivity index (χ2n) is 6.36. The topological polar surface area (TPSA) is 19.4 Å². The summed E-state index contributed by atoms with van der Waals surface area (Å²) in [6.07, 6.45) is 1.90. The summed E-state index contributed by atoms with van der Waals surface area (Å²) in [7, 11) is 0. The molecule has 0 bridgehead atoms. The average molecular weight is 299 g/mol. The van der Waals surface area contributed by atoms with Crippen LogP contribution in [-0.2, 0) is 13.1 Å². The van der Waals surface area contributed by atoms with Crippen molar-refractivity contribution in [3.8, 4) is 0 Å². The zero-order valence-corrected chi connectivity index (χ0v) is 13.0. The molecule has 4 heterocycles. The summed E-state index contributed by atoms with van der Waals surface area (Å²) in [5.74, 6) is 1.71. The van der Waals surface area contributed by atoms with Gasteiger partial charge >= 0.3 is 0 Å². The molecular formula is C17H21N3S. The third-order valence-electron chi connectivity index (χ3n) is 4.74. The molecule has 2 unspecified atom stereocenters. The Kier molecular flexibility index (Phi) is 3.76. The van der Waals surface area contributed by atoms with Gasteiger partial charge < -0.3 is 0 Å². The Balaban J connectivity index is 1.31. The van der Waals surface area contributed by atoms with E-state index in [1.54, 1.807) is 11.3 Å². The quantitative estimate of drug-likeness (QED) is 0.865. The number of pyridine rings is 1. The summed E-state index contributed by atoms with van der Waals surface area (Å²) >= 11 is 1.80. The molecule has 0 aliphatic carbocycles. The van der Waals surface area contributed by atoms with E-state index in [1.165, 1.54) is 37.4 Å². The van der Waals surface area contributed by atoms with E-state index in [1.807, 2.05) is 12.3 Å². The Morgan fingerprint density at radius 3 is 2.38 bits per heavy atom. The lowest BCUT2D eigenvalue weighted by molar-refractivity contribution is 0.245. The van der Waals surface area contributed by atoms with E-state index in [-0.39, 0.29) is 0 Å². The van der Waals surface area contributed by atoms with Crippen LogP contribution in [0.1, 0.15) is 11.3 Å². The fourth-order valence-corrected chi connectivity index (χ4v) is 4.47. The highest BCUT2D eigenvalue weighted by atomic mass is 32.1. The fraction of sp³-hybridized carbons (Fsp3) is 0.471. The third kappa shape index (κ3) is 3.03. The Labute approximate surface area is 130 Å². The van der Waals surface area contributed by atoms with Crippen molar-refractivity contribution in [2.75, 3.05) is 26.2 Å². The summed E-state index contributed by atoms with van der Waals surface area (Å²) in [5, 5.41) is 4.46. The van der Waals surface area contributed by atoms with Crippen molar-refractivity contribution in [3.63, 3.8) is 0 Å². The predicted octanol–water partition coefficient (Wildman–Crippen LogP) is 2.71. The van der Waals surface area contributed by atoms with E-state index in [0.29, 0.717) is 0 Å². The first-order valence-electron chi connectivity index (χ1n) is 7.72. The van der Waals surface area contributed by atoms with Crippen molar-refractivity contribution in [1.29, 1.82) is 0 Å². The molecule has 110 valence electrons. The average Bonchev–Trinajstić information content (AvgIpc) is 3.17. The molecule has 2 saturated heterocycles. The Bertz CT molecular complexity index is 555. The minimum atomic E-state index is 0.854. The van der Waals surface area contributed by atoms with Gasteiger partial charge in [0.25, 0.3) is 0 Å². The molecule has 2 aromatic heterocycles. The first-order valence-corrected chi connectivity index (χ1v) is 8.67. The molecule has 2 fully saturated rings. The van der Waals surface area contributed by atoms with Crippen molar-refractivity contribution >= 4 is 11.3 Å². The Morgan fingerprint density at radius 1 is 1.00 bits per heavy atom. The zero-order chi connectivity index (χ0) is 14.1. The lowest BCUT2D eigenvalue weighted by atomic mass is 10.0. The standard InChI is InChI=1S/C17H21N3S/c1-2-5-18-17(3-1)12-20-10-15-8-19(9-16(15)11-20)7-14-4-6-21-13-14/h1-6,13,15-16H,7-12H2. The monoisotopic (exact) mass is 299 g/mol. The predicted molar refractivity (Wildman–Crippen MR) is 86.1 cm³/mol. The van der Waals surface area contributed by atoms with Crippen molar-refractivity contribution < 1.29 is 0 Å². The van der Waals surface area contributed by atoms with Crippen LogP contribution in [0.5, 0.6) is 0 Å². The smallest absolute Gasteiger partial charge is 0.0543 e. The lowest BCUT2D eigenvalue weighted by Gasteiger charge is -2.20. The third-order valence-corrected chi connectivity index (χ3v) is 5.47. The molecule has 2 aromatic rings. The normalized spacial score (nSPS) is 26.3. The highest BCUT2D eigenvalue weighted by molar-refractivity contribution is 7.07. The van der Waals surface area contributed by atoms with E-state index in [4.69, 9.17) is 0 Å². The maximum atomic E-state index is 4.45. The highest BCUT2D eigenvalue weighted by Crippen LogP contribution is 2.32. The molecule has 0 N–H and O–H groups in total. The summed E-state index contributed by atoms with van der Waals surface area (Å²) in [6.45, 7) is 7.15. The molecule has 21 heavy (non-hydrogen) atoms. The van der Waals surface area contributed by atoms with Gasteiger partial charge in [0.15, 0.2) is 0 Å². The van der Waals surface area contributed by atoms with Gasteiger partial charge in [0.1, 0.15) is 0 Å². The second kappa shape index (κ2) is 5.87. The first kappa shape index (κ1) is 13.4. The highest BCUT2D eigenvalue weighted by Gasteiger charge is 2.39. The second-order valence-corrected chi connectivity index (χ2v) is 7.14. The largest absolute Gasteiger partial charge is 0.298 e. The van der Waals surface area contributed by atoms with Gasteiger partial charge in [0, 0.05) is 45.5 Å². The summed E-state index contributed by atoms with van der Waals surface area (Å²) < 4.78 is 0. The van der Waals surface area contributed by atoms with Gasteiger partial charge in [-0.25, -0.2) is 0 Å². The van der Waals surface area contributed by atoms with Crippen LogP contribution in [0.2, 0.25) is 0 Å². The Morgan fingerprint density at radius 2 is 1.76 bits per heavy atom. The van der Waals surface area contributed by atoms with E-state index in [0.717, 1.165) is 24.9 Å². The van der Waals surface area contributed by atoms with Gasteiger partial charge in [0.2, 0.25) is 0 Å². The number of hydrogen-bond donors (Lipinski definition) is 0. The summed E-state index contributed by atoms with van der Waals surface area (Å²) in [6, 6.07) is 8.47. The lowest BCUT2D eigenvalue weighted by Crippen LogP contribution is -2.28. The van der Waals surface area contributed by atoms with Crippen molar-refractivity contribution in [2.24, 2.45) is 11.8 Å². The number of aromatic nitrogens is 1.